The molecule has 1 saturated heterocycles. The maximum absolute atomic E-state index is 12.0. The normalized spacial score (nSPS) is 26.3. The number of nitrogens with one attached hydrogen (secondary N) is 1. The Labute approximate surface area is 119 Å². The van der Waals surface area contributed by atoms with Crippen LogP contribution < -0.4 is 5.32 Å². The molecule has 6 nitrogen and oxygen atoms in total. The van der Waals surface area contributed by atoms with Crippen molar-refractivity contribution in [3.63, 3.8) is 0 Å². The first-order chi connectivity index (χ1) is 9.81. The molecule has 20 heavy (non-hydrogen) atoms. The molecule has 1 aliphatic carbocycles. The standard InChI is InChI=1S/C14H23N5O/c20-14(18-5-1-2-6-18)8-16-13-4-3-12(7-13)9-19-11-15-10-17-19/h10-13,16H,1-9H2. The van der Waals surface area contributed by atoms with E-state index < -0.39 is 0 Å². The van der Waals surface area contributed by atoms with Gasteiger partial charge in [0.2, 0.25) is 5.91 Å². The molecule has 0 aromatic carbocycles. The monoisotopic (exact) mass is 277 g/mol. The van der Waals surface area contributed by atoms with Crippen LogP contribution in [0.5, 0.6) is 0 Å². The van der Waals surface area contributed by atoms with Crippen LogP contribution in [0.1, 0.15) is 32.1 Å². The van der Waals surface area contributed by atoms with Crippen molar-refractivity contribution in [2.45, 2.75) is 44.7 Å². The molecule has 1 aromatic rings. The number of hydrogen-bond acceptors (Lipinski definition) is 4. The van der Waals surface area contributed by atoms with Gasteiger partial charge in [0.15, 0.2) is 0 Å². The Hall–Kier alpha value is -1.43. The molecule has 1 aromatic heterocycles. The van der Waals surface area contributed by atoms with Gasteiger partial charge in [0.25, 0.3) is 0 Å². The molecule has 1 saturated carbocycles. The lowest BCUT2D eigenvalue weighted by atomic mass is 10.1. The Morgan fingerprint density at radius 2 is 2.15 bits per heavy atom. The van der Waals surface area contributed by atoms with Gasteiger partial charge in [0, 0.05) is 25.7 Å². The molecule has 0 bridgehead atoms. The summed E-state index contributed by atoms with van der Waals surface area (Å²) >= 11 is 0. The summed E-state index contributed by atoms with van der Waals surface area (Å²) in [6.07, 6.45) is 9.18. The molecule has 0 radical (unpaired) electrons. The van der Waals surface area contributed by atoms with Gasteiger partial charge < -0.3 is 10.2 Å². The number of aromatic nitrogens is 3. The van der Waals surface area contributed by atoms with Gasteiger partial charge in [0.1, 0.15) is 12.7 Å². The average Bonchev–Trinajstić information content (AvgIpc) is 3.19. The summed E-state index contributed by atoms with van der Waals surface area (Å²) in [5, 5.41) is 7.59. The summed E-state index contributed by atoms with van der Waals surface area (Å²) in [5.41, 5.74) is 0. The minimum atomic E-state index is 0.266. The number of carbonyl (C=O) groups excluding carboxylic acids is 1. The van der Waals surface area contributed by atoms with Gasteiger partial charge in [-0.3, -0.25) is 9.48 Å². The Bertz CT molecular complexity index is 427. The second kappa shape index (κ2) is 6.35. The van der Waals surface area contributed by atoms with Crippen molar-refractivity contribution in [3.05, 3.63) is 12.7 Å². The zero-order chi connectivity index (χ0) is 13.8. The van der Waals surface area contributed by atoms with E-state index in [9.17, 15) is 4.79 Å². The van der Waals surface area contributed by atoms with E-state index in [1.54, 1.807) is 12.7 Å². The molecule has 110 valence electrons. The van der Waals surface area contributed by atoms with E-state index in [0.717, 1.165) is 45.3 Å². The van der Waals surface area contributed by atoms with Crippen molar-refractivity contribution in [2.24, 2.45) is 5.92 Å². The Balaban J connectivity index is 1.38. The maximum Gasteiger partial charge on any atom is 0.236 e. The third-order valence-corrected chi connectivity index (χ3v) is 4.45. The van der Waals surface area contributed by atoms with Gasteiger partial charge in [-0.15, -0.1) is 0 Å². The van der Waals surface area contributed by atoms with Crippen LogP contribution in [0.25, 0.3) is 0 Å². The quantitative estimate of drug-likeness (QED) is 0.859. The highest BCUT2D eigenvalue weighted by molar-refractivity contribution is 5.78. The van der Waals surface area contributed by atoms with E-state index in [0.29, 0.717) is 18.5 Å². The summed E-state index contributed by atoms with van der Waals surface area (Å²) in [4.78, 5) is 17.9. The zero-order valence-electron chi connectivity index (χ0n) is 11.9. The summed E-state index contributed by atoms with van der Waals surface area (Å²) in [7, 11) is 0. The molecule has 2 heterocycles. The molecule has 6 heteroatoms. The second-order valence-electron chi connectivity index (χ2n) is 5.96. The number of carbonyl (C=O) groups is 1. The van der Waals surface area contributed by atoms with Crippen LogP contribution in [0.4, 0.5) is 0 Å². The smallest absolute Gasteiger partial charge is 0.236 e. The molecule has 1 aliphatic heterocycles. The van der Waals surface area contributed by atoms with Crippen LogP contribution in [-0.2, 0) is 11.3 Å². The fraction of sp³-hybridized carbons (Fsp3) is 0.786. The molecule has 2 atom stereocenters. The number of nitrogens with zero attached hydrogens (tertiary/aromatic N) is 4. The van der Waals surface area contributed by atoms with E-state index in [1.165, 1.54) is 6.42 Å². The Kier molecular flexibility index (Phi) is 4.30. The molecule has 1 amide bonds. The van der Waals surface area contributed by atoms with Crippen LogP contribution in [0.2, 0.25) is 0 Å². The van der Waals surface area contributed by atoms with Gasteiger partial charge in [-0.05, 0) is 38.0 Å². The van der Waals surface area contributed by atoms with Crippen molar-refractivity contribution in [1.82, 2.24) is 25.0 Å². The van der Waals surface area contributed by atoms with Crippen molar-refractivity contribution in [3.8, 4) is 0 Å². The number of rotatable bonds is 5. The Morgan fingerprint density at radius 1 is 1.30 bits per heavy atom. The van der Waals surface area contributed by atoms with E-state index in [2.05, 4.69) is 15.4 Å². The minimum Gasteiger partial charge on any atom is -0.342 e. The molecular formula is C14H23N5O. The van der Waals surface area contributed by atoms with Crippen molar-refractivity contribution in [1.29, 1.82) is 0 Å². The lowest BCUT2D eigenvalue weighted by Crippen LogP contribution is -2.39. The van der Waals surface area contributed by atoms with Crippen LogP contribution in [0.15, 0.2) is 12.7 Å². The van der Waals surface area contributed by atoms with Crippen molar-refractivity contribution in [2.75, 3.05) is 19.6 Å². The summed E-state index contributed by atoms with van der Waals surface area (Å²) < 4.78 is 1.91. The zero-order valence-corrected chi connectivity index (χ0v) is 11.9. The van der Waals surface area contributed by atoms with E-state index >= 15 is 0 Å². The highest BCUT2D eigenvalue weighted by atomic mass is 16.2. The van der Waals surface area contributed by atoms with Crippen LogP contribution >= 0.6 is 0 Å². The third kappa shape index (κ3) is 3.36. The molecule has 2 aliphatic rings. The number of amides is 1. The second-order valence-corrected chi connectivity index (χ2v) is 5.96. The molecule has 2 fully saturated rings. The summed E-state index contributed by atoms with van der Waals surface area (Å²) in [6, 6.07) is 0.482. The number of likely N-dealkylation sites (tertiary alicyclic amines) is 1. The highest BCUT2D eigenvalue weighted by Gasteiger charge is 2.26. The summed E-state index contributed by atoms with van der Waals surface area (Å²) in [5.74, 6) is 0.915. The molecule has 1 N–H and O–H groups in total. The van der Waals surface area contributed by atoms with Gasteiger partial charge in [-0.25, -0.2) is 4.98 Å². The molecule has 2 unspecified atom stereocenters. The van der Waals surface area contributed by atoms with Crippen molar-refractivity contribution < 1.29 is 4.79 Å². The SMILES string of the molecule is O=C(CNC1CCC(Cn2cncn2)C1)N1CCCC1. The maximum atomic E-state index is 12.0. The first-order valence-corrected chi connectivity index (χ1v) is 7.65. The minimum absolute atomic E-state index is 0.266. The van der Waals surface area contributed by atoms with E-state index in [1.807, 2.05) is 9.58 Å². The first-order valence-electron chi connectivity index (χ1n) is 7.65. The van der Waals surface area contributed by atoms with E-state index in [4.69, 9.17) is 0 Å². The van der Waals surface area contributed by atoms with Gasteiger partial charge in [-0.1, -0.05) is 0 Å². The lowest BCUT2D eigenvalue weighted by molar-refractivity contribution is -0.129. The average molecular weight is 277 g/mol. The van der Waals surface area contributed by atoms with Gasteiger partial charge in [0.05, 0.1) is 6.54 Å². The first kappa shape index (κ1) is 13.5. The third-order valence-electron chi connectivity index (χ3n) is 4.45. The van der Waals surface area contributed by atoms with Crippen LogP contribution in [0.3, 0.4) is 0 Å². The summed E-state index contributed by atoms with van der Waals surface area (Å²) in [6.45, 7) is 3.33. The predicted octanol–water partition coefficient (Wildman–Crippen LogP) is 0.659. The molecule has 0 spiro atoms. The fourth-order valence-electron chi connectivity index (χ4n) is 3.33. The number of hydrogen-bond donors (Lipinski definition) is 1. The Morgan fingerprint density at radius 3 is 2.90 bits per heavy atom. The van der Waals surface area contributed by atoms with Gasteiger partial charge >= 0.3 is 0 Å². The molecular weight excluding hydrogens is 254 g/mol. The van der Waals surface area contributed by atoms with Crippen LogP contribution in [-0.4, -0.2) is 51.2 Å². The van der Waals surface area contributed by atoms with E-state index in [-0.39, 0.29) is 5.91 Å². The van der Waals surface area contributed by atoms with Gasteiger partial charge in [-0.2, -0.15) is 5.10 Å². The fourth-order valence-corrected chi connectivity index (χ4v) is 3.33. The lowest BCUT2D eigenvalue weighted by Gasteiger charge is -2.18. The largest absolute Gasteiger partial charge is 0.342 e. The topological polar surface area (TPSA) is 63.1 Å². The van der Waals surface area contributed by atoms with Crippen LogP contribution in [0, 0.1) is 5.92 Å². The highest BCUT2D eigenvalue weighted by Crippen LogP contribution is 2.26. The molecule has 3 rings (SSSR count). The van der Waals surface area contributed by atoms with Crippen molar-refractivity contribution >= 4 is 5.91 Å². The predicted molar refractivity (Wildman–Crippen MR) is 75.0 cm³/mol.